The Bertz CT molecular complexity index is 1400. The number of nitrogens with zero attached hydrogens (tertiary/aromatic N) is 1. The zero-order valence-electron chi connectivity index (χ0n) is 18.9. The minimum absolute atomic E-state index is 0.149. The van der Waals surface area contributed by atoms with E-state index in [1.807, 2.05) is 37.3 Å². The molecule has 0 saturated heterocycles. The van der Waals surface area contributed by atoms with E-state index < -0.39 is 5.97 Å². The number of para-hydroxylation sites is 1. The van der Waals surface area contributed by atoms with Crippen LogP contribution in [0.15, 0.2) is 71.8 Å². The Balaban J connectivity index is 1.31. The van der Waals surface area contributed by atoms with Crippen molar-refractivity contribution in [2.75, 3.05) is 13.7 Å². The summed E-state index contributed by atoms with van der Waals surface area (Å²) in [4.78, 5) is 24.9. The van der Waals surface area contributed by atoms with Crippen LogP contribution < -0.4 is 19.6 Å². The zero-order valence-corrected chi connectivity index (χ0v) is 20.5. The molecule has 0 bridgehead atoms. The molecule has 0 saturated carbocycles. The lowest BCUT2D eigenvalue weighted by atomic mass is 10.2. The number of ether oxygens (including phenoxy) is 3. The van der Waals surface area contributed by atoms with Crippen molar-refractivity contribution >= 4 is 51.1 Å². The van der Waals surface area contributed by atoms with Gasteiger partial charge in [-0.25, -0.2) is 10.2 Å². The quantitative estimate of drug-likeness (QED) is 0.144. The van der Waals surface area contributed by atoms with Gasteiger partial charge in [0.15, 0.2) is 6.61 Å². The molecule has 0 unspecified atom stereocenters. The number of hydrazone groups is 1. The highest BCUT2D eigenvalue weighted by atomic mass is 35.5. The molecule has 3 aromatic carbocycles. The van der Waals surface area contributed by atoms with Gasteiger partial charge < -0.3 is 14.2 Å². The van der Waals surface area contributed by atoms with Gasteiger partial charge in [0.2, 0.25) is 0 Å². The Kier molecular flexibility index (Phi) is 7.64. The Morgan fingerprint density at radius 1 is 1.06 bits per heavy atom. The molecule has 1 N–H and O–H groups in total. The number of aryl methyl sites for hydroxylation is 1. The van der Waals surface area contributed by atoms with Crippen LogP contribution in [0.5, 0.6) is 17.2 Å². The lowest BCUT2D eigenvalue weighted by molar-refractivity contribution is -0.123. The first kappa shape index (κ1) is 24.3. The zero-order chi connectivity index (χ0) is 24.8. The summed E-state index contributed by atoms with van der Waals surface area (Å²) in [7, 11) is 1.58. The van der Waals surface area contributed by atoms with Crippen LogP contribution in [0.3, 0.4) is 0 Å². The van der Waals surface area contributed by atoms with Gasteiger partial charge in [0, 0.05) is 10.1 Å². The van der Waals surface area contributed by atoms with Gasteiger partial charge in [-0.1, -0.05) is 29.8 Å². The number of rotatable bonds is 8. The van der Waals surface area contributed by atoms with E-state index >= 15 is 0 Å². The van der Waals surface area contributed by atoms with Gasteiger partial charge in [-0.05, 0) is 66.6 Å². The first-order chi connectivity index (χ1) is 16.9. The molecule has 0 aliphatic heterocycles. The van der Waals surface area contributed by atoms with Crippen LogP contribution in [0.4, 0.5) is 0 Å². The normalized spacial score (nSPS) is 10.9. The molecule has 35 heavy (non-hydrogen) atoms. The maximum atomic E-state index is 12.7. The molecule has 1 heterocycles. The summed E-state index contributed by atoms with van der Waals surface area (Å²) in [5.41, 5.74) is 4.06. The number of hydrogen-bond donors (Lipinski definition) is 1. The Labute approximate surface area is 210 Å². The maximum Gasteiger partial charge on any atom is 0.355 e. The van der Waals surface area contributed by atoms with Gasteiger partial charge in [-0.2, -0.15) is 5.10 Å². The van der Waals surface area contributed by atoms with E-state index in [9.17, 15) is 9.59 Å². The summed E-state index contributed by atoms with van der Waals surface area (Å²) >= 11 is 7.64. The number of benzene rings is 3. The third-order valence-corrected chi connectivity index (χ3v) is 6.61. The standard InChI is InChI=1S/C26H21ClN2O5S/c1-16-5-3-4-6-21(16)33-15-23(30)29-28-14-17-7-9-18(10-8-17)34-26(31)25-24(27)20-12-11-19(32-2)13-22(20)35-25/h3-14H,15H2,1-2H3,(H,29,30)/b28-14+. The largest absolute Gasteiger partial charge is 0.497 e. The molecule has 4 rings (SSSR count). The van der Waals surface area contributed by atoms with E-state index in [4.69, 9.17) is 25.8 Å². The molecule has 1 aromatic heterocycles. The molecule has 7 nitrogen and oxygen atoms in total. The highest BCUT2D eigenvalue weighted by Crippen LogP contribution is 2.37. The van der Waals surface area contributed by atoms with Crippen molar-refractivity contribution in [3.8, 4) is 17.2 Å². The number of carbonyl (C=O) groups is 2. The van der Waals surface area contributed by atoms with Gasteiger partial charge in [0.25, 0.3) is 5.91 Å². The minimum Gasteiger partial charge on any atom is -0.497 e. The SMILES string of the molecule is COc1ccc2c(Cl)c(C(=O)Oc3ccc(/C=N/NC(=O)COc4ccccc4C)cc3)sc2c1. The lowest BCUT2D eigenvalue weighted by Gasteiger charge is -2.07. The number of nitrogens with one attached hydrogen (secondary N) is 1. The van der Waals surface area contributed by atoms with Crippen molar-refractivity contribution in [2.45, 2.75) is 6.92 Å². The highest BCUT2D eigenvalue weighted by molar-refractivity contribution is 7.21. The van der Waals surface area contributed by atoms with Gasteiger partial charge in [-0.3, -0.25) is 4.79 Å². The number of methoxy groups -OCH3 is 1. The number of thiophene rings is 1. The summed E-state index contributed by atoms with van der Waals surface area (Å²) in [6, 6.07) is 19.5. The molecular weight excluding hydrogens is 488 g/mol. The number of fused-ring (bicyclic) bond motifs is 1. The van der Waals surface area contributed by atoms with Crippen molar-refractivity contribution in [2.24, 2.45) is 5.10 Å². The third kappa shape index (κ3) is 5.98. The molecule has 0 fully saturated rings. The first-order valence-corrected chi connectivity index (χ1v) is 11.7. The third-order valence-electron chi connectivity index (χ3n) is 4.97. The van der Waals surface area contributed by atoms with Crippen LogP contribution in [0.2, 0.25) is 5.02 Å². The van der Waals surface area contributed by atoms with Gasteiger partial charge in [0.1, 0.15) is 22.1 Å². The second-order valence-electron chi connectivity index (χ2n) is 7.41. The van der Waals surface area contributed by atoms with Gasteiger partial charge >= 0.3 is 5.97 Å². The van der Waals surface area contributed by atoms with E-state index in [1.165, 1.54) is 17.6 Å². The van der Waals surface area contributed by atoms with E-state index in [-0.39, 0.29) is 12.5 Å². The maximum absolute atomic E-state index is 12.7. The fourth-order valence-corrected chi connectivity index (χ4v) is 4.57. The molecular formula is C26H21ClN2O5S. The summed E-state index contributed by atoms with van der Waals surface area (Å²) in [5, 5.41) is 5.04. The van der Waals surface area contributed by atoms with Gasteiger partial charge in [-0.15, -0.1) is 11.3 Å². The molecule has 4 aromatic rings. The first-order valence-electron chi connectivity index (χ1n) is 10.5. The molecule has 9 heteroatoms. The monoisotopic (exact) mass is 508 g/mol. The second kappa shape index (κ2) is 11.0. The highest BCUT2D eigenvalue weighted by Gasteiger charge is 2.19. The summed E-state index contributed by atoms with van der Waals surface area (Å²) in [6.07, 6.45) is 1.48. The Hall–Kier alpha value is -3.88. The van der Waals surface area contributed by atoms with Crippen molar-refractivity contribution < 1.29 is 23.8 Å². The van der Waals surface area contributed by atoms with Crippen molar-refractivity contribution in [1.29, 1.82) is 0 Å². The van der Waals surface area contributed by atoms with Crippen LogP contribution in [0.1, 0.15) is 20.8 Å². The van der Waals surface area contributed by atoms with E-state index in [2.05, 4.69) is 10.5 Å². The number of carbonyl (C=O) groups excluding carboxylic acids is 2. The summed E-state index contributed by atoms with van der Waals surface area (Å²) in [6.45, 7) is 1.75. The second-order valence-corrected chi connectivity index (χ2v) is 8.84. The summed E-state index contributed by atoms with van der Waals surface area (Å²) in [5.74, 6) is 0.760. The van der Waals surface area contributed by atoms with E-state index in [0.717, 1.165) is 15.6 Å². The molecule has 0 atom stereocenters. The number of hydrogen-bond acceptors (Lipinski definition) is 7. The van der Waals surface area contributed by atoms with Gasteiger partial charge in [0.05, 0.1) is 18.3 Å². The summed E-state index contributed by atoms with van der Waals surface area (Å²) < 4.78 is 17.0. The topological polar surface area (TPSA) is 86.2 Å². The van der Waals surface area contributed by atoms with Crippen LogP contribution in [-0.2, 0) is 4.79 Å². The molecule has 0 radical (unpaired) electrons. The Morgan fingerprint density at radius 2 is 1.80 bits per heavy atom. The number of esters is 1. The molecule has 0 spiro atoms. The number of amides is 1. The predicted molar refractivity (Wildman–Crippen MR) is 137 cm³/mol. The fraction of sp³-hybridized carbons (Fsp3) is 0.115. The molecule has 178 valence electrons. The van der Waals surface area contributed by atoms with Crippen LogP contribution in [0.25, 0.3) is 10.1 Å². The van der Waals surface area contributed by atoms with Crippen LogP contribution in [-0.4, -0.2) is 31.8 Å². The Morgan fingerprint density at radius 3 is 2.54 bits per heavy atom. The predicted octanol–water partition coefficient (Wildman–Crippen LogP) is 5.62. The van der Waals surface area contributed by atoms with E-state index in [1.54, 1.807) is 43.5 Å². The molecule has 0 aliphatic rings. The van der Waals surface area contributed by atoms with Crippen molar-refractivity contribution in [3.05, 3.63) is 87.8 Å². The average molecular weight is 509 g/mol. The lowest BCUT2D eigenvalue weighted by Crippen LogP contribution is -2.24. The van der Waals surface area contributed by atoms with E-state index in [0.29, 0.717) is 32.7 Å². The number of halogens is 1. The fourth-order valence-electron chi connectivity index (χ4n) is 3.15. The molecule has 0 aliphatic carbocycles. The smallest absolute Gasteiger partial charge is 0.355 e. The van der Waals surface area contributed by atoms with Crippen molar-refractivity contribution in [3.63, 3.8) is 0 Å². The van der Waals surface area contributed by atoms with Crippen molar-refractivity contribution in [1.82, 2.24) is 5.43 Å². The van der Waals surface area contributed by atoms with Crippen LogP contribution >= 0.6 is 22.9 Å². The average Bonchev–Trinajstić information content (AvgIpc) is 3.20. The molecule has 1 amide bonds. The minimum atomic E-state index is -0.544. The van der Waals surface area contributed by atoms with Crippen LogP contribution in [0, 0.1) is 6.92 Å².